The molecule has 68 valence electrons. The van der Waals surface area contributed by atoms with E-state index in [4.69, 9.17) is 17.5 Å². The monoisotopic (exact) mass is 272 g/mol. The molecule has 0 bridgehead atoms. The molecule has 0 fully saturated rings. The van der Waals surface area contributed by atoms with Crippen LogP contribution < -0.4 is 103 Å². The van der Waals surface area contributed by atoms with E-state index in [1.165, 1.54) is 0 Å². The third-order valence-corrected chi connectivity index (χ3v) is 0. The van der Waals surface area contributed by atoms with E-state index in [1.807, 2.05) is 0 Å². The van der Waals surface area contributed by atoms with E-state index in [0.29, 0.717) is 0 Å². The van der Waals surface area contributed by atoms with Crippen molar-refractivity contribution >= 4 is 33.5 Å². The maximum Gasteiger partial charge on any atom is 1.00 e. The summed E-state index contributed by atoms with van der Waals surface area (Å²) in [4.78, 5) is 0. The Morgan fingerprint density at radius 3 is 0.750 bits per heavy atom. The summed E-state index contributed by atoms with van der Waals surface area (Å²) in [5.41, 5.74) is 0. The van der Waals surface area contributed by atoms with Crippen LogP contribution in [0, 0.1) is 0 Å². The van der Waals surface area contributed by atoms with E-state index in [2.05, 4.69) is 0 Å². The maximum atomic E-state index is 8.52. The van der Waals surface area contributed by atoms with Gasteiger partial charge >= 0.3 is 126 Å². The molecule has 0 aromatic rings. The van der Waals surface area contributed by atoms with Crippen molar-refractivity contribution in [1.82, 2.24) is 0 Å². The van der Waals surface area contributed by atoms with Gasteiger partial charge in [0.25, 0.3) is 0 Å². The Balaban J connectivity index is -0.00000000381. The zero-order valence-electron chi connectivity index (χ0n) is 6.04. The van der Waals surface area contributed by atoms with Crippen molar-refractivity contribution in [3.05, 3.63) is 0 Å². The molecule has 0 aliphatic carbocycles. The van der Waals surface area contributed by atoms with Crippen LogP contribution in [-0.2, 0) is 10.4 Å². The summed E-state index contributed by atoms with van der Waals surface area (Å²) in [5.74, 6) is 0. The van der Waals surface area contributed by atoms with Gasteiger partial charge < -0.3 is 31.0 Å². The molecule has 8 N–H and O–H groups in total. The van der Waals surface area contributed by atoms with Gasteiger partial charge in [0.05, 0.1) is 0 Å². The molecule has 0 saturated heterocycles. The van der Waals surface area contributed by atoms with Crippen LogP contribution in [0.15, 0.2) is 0 Å². The topological polar surface area (TPSA) is 206 Å². The summed E-state index contributed by atoms with van der Waals surface area (Å²) in [5, 5.41) is 0. The fourth-order valence-corrected chi connectivity index (χ4v) is 0. The van der Waals surface area contributed by atoms with Crippen LogP contribution in [0.5, 0.6) is 0 Å². The van der Waals surface area contributed by atoms with Crippen molar-refractivity contribution in [2.75, 3.05) is 0 Å². The Hall–Kier alpha value is 3.75. The van der Waals surface area contributed by atoms with Crippen molar-refractivity contribution in [1.29, 1.82) is 0 Å². The van der Waals surface area contributed by atoms with Crippen molar-refractivity contribution in [3.8, 4) is 0 Å². The third kappa shape index (κ3) is 159. The molecule has 0 heterocycles. The van der Waals surface area contributed by atoms with Gasteiger partial charge in [-0.2, -0.15) is 0 Å². The second kappa shape index (κ2) is 29.3. The van der Waals surface area contributed by atoms with E-state index < -0.39 is 10.4 Å². The molecule has 0 aliphatic rings. The quantitative estimate of drug-likeness (QED) is 0.239. The molecule has 0 atom stereocenters. The first kappa shape index (κ1) is 57.1. The maximum absolute atomic E-state index is 8.52. The summed E-state index contributed by atoms with van der Waals surface area (Å²) in [6, 6.07) is 0. The van der Waals surface area contributed by atoms with Crippen molar-refractivity contribution in [2.24, 2.45) is 0 Å². The van der Waals surface area contributed by atoms with Crippen LogP contribution in [0.25, 0.3) is 0 Å². The van der Waals surface area contributed by atoms with Gasteiger partial charge in [0.15, 0.2) is 0 Å². The average Bonchev–Trinajstić information content (AvgIpc) is 0.722. The summed E-state index contributed by atoms with van der Waals surface area (Å²) in [6.45, 7) is 0. The van der Waals surface area contributed by atoms with E-state index in [9.17, 15) is 0 Å². The summed E-state index contributed by atoms with van der Waals surface area (Å²) >= 11 is 0. The van der Waals surface area contributed by atoms with Crippen LogP contribution >= 0.6 is 0 Å². The van der Waals surface area contributed by atoms with E-state index in [0.717, 1.165) is 0 Å². The zero-order valence-corrected chi connectivity index (χ0v) is 13.1. The predicted molar refractivity (Wildman–Crippen MR) is 33.5 cm³/mol. The van der Waals surface area contributed by atoms with Crippen molar-refractivity contribution in [2.45, 2.75) is 0 Å². The van der Waals surface area contributed by atoms with Gasteiger partial charge in [-0.1, -0.05) is 0 Å². The molecule has 0 amide bonds. The molecule has 0 radical (unpaired) electrons. The van der Waals surface area contributed by atoms with E-state index >= 15 is 0 Å². The molecule has 0 saturated carbocycles. The third-order valence-electron chi connectivity index (χ3n) is 0. The molecule has 0 aliphatic heterocycles. The molecule has 8 nitrogen and oxygen atoms in total. The SMILES string of the molecule is O.O.O.O.O=S(=O)([O-])[O-].[K+].[K+].[MgH2]. The second-order valence-corrected chi connectivity index (χ2v) is 1.22. The largest absolute Gasteiger partial charge is 1.00 e. The Kier molecular flexibility index (Phi) is 139. The second-order valence-electron chi connectivity index (χ2n) is 0.408. The van der Waals surface area contributed by atoms with Gasteiger partial charge in [-0.15, -0.1) is 0 Å². The van der Waals surface area contributed by atoms with Crippen LogP contribution in [0.1, 0.15) is 0 Å². The molecule has 0 rings (SSSR count). The first-order valence-electron chi connectivity index (χ1n) is 0.667. The summed E-state index contributed by atoms with van der Waals surface area (Å²) < 4.78 is 34.1. The first-order valence-corrected chi connectivity index (χ1v) is 2.00. The van der Waals surface area contributed by atoms with E-state index in [-0.39, 0.29) is 148 Å². The van der Waals surface area contributed by atoms with Gasteiger partial charge in [-0.3, -0.25) is 8.42 Å². The fraction of sp³-hybridized carbons (Fsp3) is 0. The van der Waals surface area contributed by atoms with Gasteiger partial charge in [0.2, 0.25) is 0 Å². The normalized spacial score (nSPS) is 4.83. The zero-order chi connectivity index (χ0) is 4.50. The molecule has 0 spiro atoms. The van der Waals surface area contributed by atoms with Crippen LogP contribution in [0.4, 0.5) is 0 Å². The summed E-state index contributed by atoms with van der Waals surface area (Å²) in [6.07, 6.45) is 0. The molecule has 0 aromatic heterocycles. The predicted octanol–water partition coefficient (Wildman–Crippen LogP) is -11.5. The van der Waals surface area contributed by atoms with Crippen LogP contribution in [0.3, 0.4) is 0 Å². The van der Waals surface area contributed by atoms with Gasteiger partial charge in [-0.05, 0) is 0 Å². The smallest absolute Gasteiger partial charge is 0.759 e. The minimum atomic E-state index is -5.17. The molecular weight excluding hydrogens is 263 g/mol. The molecular formula is H10K2MgO8S. The Morgan fingerprint density at radius 1 is 0.750 bits per heavy atom. The Morgan fingerprint density at radius 2 is 0.750 bits per heavy atom. The van der Waals surface area contributed by atoms with Crippen LogP contribution in [0.2, 0.25) is 0 Å². The standard InChI is InChI=1S/2K.Mg.H2O4S.4H2O.2H/c;;;1-5(2,3)4;;;;;;/h;;;(H2,1,2,3,4);4*1H2;;/q2*+1;;;;;;;;/p-2. The fourth-order valence-electron chi connectivity index (χ4n) is 0. The molecule has 0 aromatic carbocycles. The Bertz CT molecular complexity index is 100. The van der Waals surface area contributed by atoms with Crippen molar-refractivity contribution in [3.63, 3.8) is 0 Å². The number of hydrogen-bond donors (Lipinski definition) is 0. The number of rotatable bonds is 0. The minimum absolute atomic E-state index is 0. The minimum Gasteiger partial charge on any atom is -0.759 e. The molecule has 12 heavy (non-hydrogen) atoms. The van der Waals surface area contributed by atoms with E-state index in [1.54, 1.807) is 0 Å². The van der Waals surface area contributed by atoms with Gasteiger partial charge in [0.1, 0.15) is 0 Å². The molecule has 12 heteroatoms. The molecule has 0 unspecified atom stereocenters. The van der Waals surface area contributed by atoms with Gasteiger partial charge in [-0.25, -0.2) is 0 Å². The number of hydrogen-bond acceptors (Lipinski definition) is 4. The summed E-state index contributed by atoms with van der Waals surface area (Å²) in [7, 11) is -5.17. The van der Waals surface area contributed by atoms with Crippen molar-refractivity contribution < 1.29 is 142 Å². The van der Waals surface area contributed by atoms with Crippen LogP contribution in [-0.4, -0.2) is 62.5 Å². The average molecular weight is 273 g/mol. The van der Waals surface area contributed by atoms with Gasteiger partial charge in [0, 0.05) is 10.4 Å². The Labute approximate surface area is 171 Å². The first-order chi connectivity index (χ1) is 2.00.